The quantitative estimate of drug-likeness (QED) is 0.659. The fourth-order valence-corrected chi connectivity index (χ4v) is 0.828. The van der Waals surface area contributed by atoms with Crippen molar-refractivity contribution in [1.82, 2.24) is 0 Å². The van der Waals surface area contributed by atoms with Crippen LogP contribution in [-0.2, 0) is 9.59 Å². The summed E-state index contributed by atoms with van der Waals surface area (Å²) < 4.78 is 0. The van der Waals surface area contributed by atoms with E-state index in [1.807, 2.05) is 13.8 Å². The summed E-state index contributed by atoms with van der Waals surface area (Å²) >= 11 is 0. The van der Waals surface area contributed by atoms with Crippen LogP contribution in [0.4, 0.5) is 0 Å². The van der Waals surface area contributed by atoms with Gasteiger partial charge in [0.15, 0.2) is 0 Å². The van der Waals surface area contributed by atoms with Gasteiger partial charge >= 0.3 is 11.9 Å². The van der Waals surface area contributed by atoms with E-state index in [0.29, 0.717) is 6.42 Å². The first-order valence-electron chi connectivity index (χ1n) is 4.15. The Morgan fingerprint density at radius 2 is 1.64 bits per heavy atom. The van der Waals surface area contributed by atoms with Crippen LogP contribution in [0.3, 0.4) is 0 Å². The molecule has 4 nitrogen and oxygen atoms in total. The number of allylic oxidation sites excluding steroid dienone is 2. The number of hydrogen-bond donors (Lipinski definition) is 2. The van der Waals surface area contributed by atoms with Gasteiger partial charge in [-0.05, 0) is 11.8 Å². The van der Waals surface area contributed by atoms with Gasteiger partial charge < -0.3 is 10.2 Å². The Morgan fingerprint density at radius 3 is 2.07 bits per heavy atom. The zero-order chi connectivity index (χ0) is 11.2. The van der Waals surface area contributed by atoms with Crippen LogP contribution in [0.1, 0.15) is 20.3 Å². The summed E-state index contributed by atoms with van der Waals surface area (Å²) in [6, 6.07) is 0. The predicted octanol–water partition coefficient (Wildman–Crippen LogP) is 1.68. The summed E-state index contributed by atoms with van der Waals surface area (Å²) in [7, 11) is 0. The highest BCUT2D eigenvalue weighted by atomic mass is 16.4. The lowest BCUT2D eigenvalue weighted by Crippen LogP contribution is -2.06. The highest BCUT2D eigenvalue weighted by Crippen LogP contribution is 2.22. The second-order valence-corrected chi connectivity index (χ2v) is 3.60. The lowest BCUT2D eigenvalue weighted by molar-refractivity contribution is -0.132. The first kappa shape index (κ1) is 12.4. The second kappa shape index (κ2) is 5.21. The maximum Gasteiger partial charge on any atom is 0.327 e. The smallest absolute Gasteiger partial charge is 0.327 e. The second-order valence-electron chi connectivity index (χ2n) is 3.60. The maximum atomic E-state index is 10.2. The lowest BCUT2D eigenvalue weighted by Gasteiger charge is -2.16. The molecule has 78 valence electrons. The number of carbonyl (C=O) groups is 2. The largest absolute Gasteiger partial charge is 0.478 e. The van der Waals surface area contributed by atoms with Crippen molar-refractivity contribution in [3.8, 4) is 0 Å². The first-order chi connectivity index (χ1) is 6.33. The van der Waals surface area contributed by atoms with Crippen LogP contribution in [0, 0.1) is 5.41 Å². The number of carboxylic acid groups (broad SMARTS) is 2. The van der Waals surface area contributed by atoms with E-state index in [2.05, 4.69) is 0 Å². The molecule has 2 N–H and O–H groups in total. The molecule has 0 spiro atoms. The van der Waals surface area contributed by atoms with Crippen LogP contribution >= 0.6 is 0 Å². The molecule has 0 saturated heterocycles. The van der Waals surface area contributed by atoms with Gasteiger partial charge in [-0.25, -0.2) is 9.59 Å². The minimum absolute atomic E-state index is 0.343. The molecule has 0 fully saturated rings. The summed E-state index contributed by atoms with van der Waals surface area (Å²) in [6.07, 6.45) is 5.66. The fraction of sp³-hybridized carbons (Fsp3) is 0.400. The molecule has 0 unspecified atom stereocenters. The number of carboxylic acids is 2. The number of rotatable bonds is 5. The van der Waals surface area contributed by atoms with Crippen molar-refractivity contribution in [1.29, 1.82) is 0 Å². The van der Waals surface area contributed by atoms with Gasteiger partial charge in [0.2, 0.25) is 0 Å². The Hall–Kier alpha value is -1.58. The van der Waals surface area contributed by atoms with E-state index in [1.165, 1.54) is 6.08 Å². The zero-order valence-electron chi connectivity index (χ0n) is 8.23. The minimum Gasteiger partial charge on any atom is -0.478 e. The molecule has 0 aliphatic carbocycles. The van der Waals surface area contributed by atoms with Crippen LogP contribution in [0.5, 0.6) is 0 Å². The van der Waals surface area contributed by atoms with E-state index in [0.717, 1.165) is 12.2 Å². The Labute approximate surface area is 82.6 Å². The van der Waals surface area contributed by atoms with Crippen LogP contribution in [0.2, 0.25) is 0 Å². The molecule has 0 rings (SSSR count). The summed E-state index contributed by atoms with van der Waals surface area (Å²) in [6.45, 7) is 3.66. The van der Waals surface area contributed by atoms with E-state index in [1.54, 1.807) is 6.08 Å². The van der Waals surface area contributed by atoms with Crippen molar-refractivity contribution in [3.05, 3.63) is 24.3 Å². The van der Waals surface area contributed by atoms with E-state index < -0.39 is 11.9 Å². The average Bonchev–Trinajstić information content (AvgIpc) is 2.00. The molecule has 14 heavy (non-hydrogen) atoms. The molecule has 0 aromatic heterocycles. The summed E-state index contributed by atoms with van der Waals surface area (Å²) in [5.74, 6) is -2.00. The molecule has 0 bridgehead atoms. The Kier molecular flexibility index (Phi) is 4.63. The summed E-state index contributed by atoms with van der Waals surface area (Å²) in [5, 5.41) is 16.7. The SMILES string of the molecule is CC(C)(C=CC(=O)O)CC=CC(=O)O. The fourth-order valence-electron chi connectivity index (χ4n) is 0.828. The van der Waals surface area contributed by atoms with Crippen LogP contribution in [0.25, 0.3) is 0 Å². The van der Waals surface area contributed by atoms with Crippen molar-refractivity contribution in [3.63, 3.8) is 0 Å². The highest BCUT2D eigenvalue weighted by molar-refractivity contribution is 5.80. The number of aliphatic carboxylic acids is 2. The molecule has 0 aromatic carbocycles. The molecule has 0 heterocycles. The van der Waals surface area contributed by atoms with Crippen molar-refractivity contribution >= 4 is 11.9 Å². The normalized spacial score (nSPS) is 12.4. The molecule has 0 aliphatic heterocycles. The molecule has 0 amide bonds. The van der Waals surface area contributed by atoms with E-state index in [4.69, 9.17) is 10.2 Å². The van der Waals surface area contributed by atoms with Crippen molar-refractivity contribution in [2.24, 2.45) is 5.41 Å². The van der Waals surface area contributed by atoms with Gasteiger partial charge in [0.1, 0.15) is 0 Å². The van der Waals surface area contributed by atoms with Crippen LogP contribution < -0.4 is 0 Å². The van der Waals surface area contributed by atoms with Gasteiger partial charge in [0.05, 0.1) is 0 Å². The third kappa shape index (κ3) is 7.09. The molecule has 0 saturated carbocycles. The van der Waals surface area contributed by atoms with Gasteiger partial charge in [0.25, 0.3) is 0 Å². The first-order valence-corrected chi connectivity index (χ1v) is 4.15. The van der Waals surface area contributed by atoms with Crippen LogP contribution in [-0.4, -0.2) is 22.2 Å². The summed E-state index contributed by atoms with van der Waals surface area (Å²) in [4.78, 5) is 20.4. The predicted molar refractivity (Wildman–Crippen MR) is 51.9 cm³/mol. The molecule has 0 atom stereocenters. The maximum absolute atomic E-state index is 10.2. The molecule has 0 aliphatic rings. The Morgan fingerprint density at radius 1 is 1.14 bits per heavy atom. The molecular weight excluding hydrogens is 184 g/mol. The van der Waals surface area contributed by atoms with E-state index in [-0.39, 0.29) is 5.41 Å². The standard InChI is InChI=1S/C10H14O4/c1-10(2,7-5-9(13)14)6-3-4-8(11)12/h3-5,7H,6H2,1-2H3,(H,11,12)(H,13,14). The molecule has 0 radical (unpaired) electrons. The lowest BCUT2D eigenvalue weighted by atomic mass is 9.89. The van der Waals surface area contributed by atoms with Gasteiger partial charge in [-0.2, -0.15) is 0 Å². The zero-order valence-corrected chi connectivity index (χ0v) is 8.23. The topological polar surface area (TPSA) is 74.6 Å². The third-order valence-corrected chi connectivity index (χ3v) is 1.58. The summed E-state index contributed by atoms with van der Waals surface area (Å²) in [5.41, 5.74) is -0.343. The Bertz CT molecular complexity index is 274. The minimum atomic E-state index is -1.000. The highest BCUT2D eigenvalue weighted by Gasteiger charge is 2.11. The third-order valence-electron chi connectivity index (χ3n) is 1.58. The number of hydrogen-bond acceptors (Lipinski definition) is 2. The van der Waals surface area contributed by atoms with Crippen molar-refractivity contribution in [2.45, 2.75) is 20.3 Å². The van der Waals surface area contributed by atoms with Crippen LogP contribution in [0.15, 0.2) is 24.3 Å². The van der Waals surface area contributed by atoms with Gasteiger partial charge in [-0.1, -0.05) is 26.0 Å². The average molecular weight is 198 g/mol. The molecular formula is C10H14O4. The molecule has 4 heteroatoms. The van der Waals surface area contributed by atoms with E-state index >= 15 is 0 Å². The van der Waals surface area contributed by atoms with Crippen molar-refractivity contribution in [2.75, 3.05) is 0 Å². The van der Waals surface area contributed by atoms with Gasteiger partial charge in [-0.3, -0.25) is 0 Å². The van der Waals surface area contributed by atoms with Gasteiger partial charge in [0, 0.05) is 12.2 Å². The van der Waals surface area contributed by atoms with Crippen molar-refractivity contribution < 1.29 is 19.8 Å². The van der Waals surface area contributed by atoms with E-state index in [9.17, 15) is 9.59 Å². The van der Waals surface area contributed by atoms with Gasteiger partial charge in [-0.15, -0.1) is 0 Å². The Balaban J connectivity index is 4.20. The molecule has 0 aromatic rings. The monoisotopic (exact) mass is 198 g/mol.